The third kappa shape index (κ3) is 3.13. The summed E-state index contributed by atoms with van der Waals surface area (Å²) in [5.74, 6) is -1.10. The average molecular weight is 348 g/mol. The van der Waals surface area contributed by atoms with E-state index in [0.29, 0.717) is 10.5 Å². The molecule has 0 atom stereocenters. The molecule has 2 aromatic rings. The van der Waals surface area contributed by atoms with Gasteiger partial charge in [-0.2, -0.15) is 0 Å². The van der Waals surface area contributed by atoms with Crippen molar-refractivity contribution in [2.75, 3.05) is 5.75 Å². The van der Waals surface area contributed by atoms with Gasteiger partial charge in [0.05, 0.1) is 10.6 Å². The van der Waals surface area contributed by atoms with Gasteiger partial charge in [-0.1, -0.05) is 19.1 Å². The molecule has 1 aliphatic carbocycles. The highest BCUT2D eigenvalue weighted by Crippen LogP contribution is 2.40. The predicted octanol–water partition coefficient (Wildman–Crippen LogP) is 4.85. The standard InChI is InChI=1S/C19H18F2O2S/c1-2-24(22,23)15-9-6-13(7-10-15)16-4-3-5-17(16)18-11-8-14(20)12-19(18)21/h6-12H,2-5H2,1H3. The molecule has 0 aromatic heterocycles. The molecule has 5 heteroatoms. The second kappa shape index (κ2) is 6.48. The zero-order valence-electron chi connectivity index (χ0n) is 13.4. The first-order chi connectivity index (χ1) is 11.4. The molecule has 0 fully saturated rings. The molecule has 0 amide bonds. The zero-order valence-corrected chi connectivity index (χ0v) is 14.2. The molecule has 0 saturated heterocycles. The van der Waals surface area contributed by atoms with Crippen LogP contribution in [0.3, 0.4) is 0 Å². The number of rotatable bonds is 4. The average Bonchev–Trinajstić information content (AvgIpc) is 3.04. The first-order valence-electron chi connectivity index (χ1n) is 7.93. The lowest BCUT2D eigenvalue weighted by Crippen LogP contribution is -2.03. The second-order valence-corrected chi connectivity index (χ2v) is 8.14. The van der Waals surface area contributed by atoms with E-state index in [1.54, 1.807) is 31.2 Å². The van der Waals surface area contributed by atoms with Gasteiger partial charge in [-0.05, 0) is 60.2 Å². The van der Waals surface area contributed by atoms with Gasteiger partial charge in [0.25, 0.3) is 0 Å². The van der Waals surface area contributed by atoms with Gasteiger partial charge in [-0.3, -0.25) is 0 Å². The molecule has 2 nitrogen and oxygen atoms in total. The molecule has 24 heavy (non-hydrogen) atoms. The van der Waals surface area contributed by atoms with Crippen molar-refractivity contribution in [1.29, 1.82) is 0 Å². The fourth-order valence-corrected chi connectivity index (χ4v) is 4.01. The maximum Gasteiger partial charge on any atom is 0.178 e. The minimum Gasteiger partial charge on any atom is -0.224 e. The Morgan fingerprint density at radius 3 is 2.25 bits per heavy atom. The molecule has 0 unspecified atom stereocenters. The van der Waals surface area contributed by atoms with Crippen LogP contribution < -0.4 is 0 Å². The SMILES string of the molecule is CCS(=O)(=O)c1ccc(C2=C(c3ccc(F)cc3F)CCC2)cc1. The van der Waals surface area contributed by atoms with Crippen LogP contribution in [0.5, 0.6) is 0 Å². The summed E-state index contributed by atoms with van der Waals surface area (Å²) in [6.45, 7) is 1.61. The van der Waals surface area contributed by atoms with Crippen molar-refractivity contribution in [3.8, 4) is 0 Å². The van der Waals surface area contributed by atoms with Gasteiger partial charge >= 0.3 is 0 Å². The molecular formula is C19H18F2O2S. The Bertz CT molecular complexity index is 897. The van der Waals surface area contributed by atoms with Gasteiger partial charge in [0.2, 0.25) is 0 Å². The number of hydrogen-bond acceptors (Lipinski definition) is 2. The third-order valence-corrected chi connectivity index (χ3v) is 6.17. The Kier molecular flexibility index (Phi) is 4.54. The number of allylic oxidation sites excluding steroid dienone is 2. The minimum absolute atomic E-state index is 0.0566. The predicted molar refractivity (Wildman–Crippen MR) is 91.2 cm³/mol. The lowest BCUT2D eigenvalue weighted by Gasteiger charge is -2.10. The Morgan fingerprint density at radius 1 is 0.958 bits per heavy atom. The summed E-state index contributed by atoms with van der Waals surface area (Å²) in [6, 6.07) is 10.4. The first-order valence-corrected chi connectivity index (χ1v) is 9.58. The van der Waals surface area contributed by atoms with Crippen molar-refractivity contribution in [2.24, 2.45) is 0 Å². The molecular weight excluding hydrogens is 330 g/mol. The van der Waals surface area contributed by atoms with Crippen molar-refractivity contribution in [3.63, 3.8) is 0 Å². The van der Waals surface area contributed by atoms with E-state index in [4.69, 9.17) is 0 Å². The summed E-state index contributed by atoms with van der Waals surface area (Å²) in [4.78, 5) is 0.293. The molecule has 0 bridgehead atoms. The highest BCUT2D eigenvalue weighted by atomic mass is 32.2. The molecule has 0 N–H and O–H groups in total. The molecule has 0 aliphatic heterocycles. The summed E-state index contributed by atoms with van der Waals surface area (Å²) in [6.07, 6.45) is 2.43. The summed E-state index contributed by atoms with van der Waals surface area (Å²) in [5.41, 5.74) is 3.19. The fraction of sp³-hybridized carbons (Fsp3) is 0.263. The van der Waals surface area contributed by atoms with Crippen molar-refractivity contribution < 1.29 is 17.2 Å². The van der Waals surface area contributed by atoms with Crippen LogP contribution in [-0.4, -0.2) is 14.2 Å². The molecule has 2 aromatic carbocycles. The van der Waals surface area contributed by atoms with Gasteiger partial charge in [0.1, 0.15) is 11.6 Å². The van der Waals surface area contributed by atoms with Crippen molar-refractivity contribution in [3.05, 3.63) is 65.2 Å². The van der Waals surface area contributed by atoms with Crippen LogP contribution in [0.4, 0.5) is 8.78 Å². The van der Waals surface area contributed by atoms with Gasteiger partial charge < -0.3 is 0 Å². The molecule has 0 saturated carbocycles. The number of hydrogen-bond donors (Lipinski definition) is 0. The Morgan fingerprint density at radius 2 is 1.62 bits per heavy atom. The maximum absolute atomic E-state index is 14.1. The Hall–Kier alpha value is -2.01. The van der Waals surface area contributed by atoms with Gasteiger partial charge in [-0.15, -0.1) is 0 Å². The first kappa shape index (κ1) is 16.8. The topological polar surface area (TPSA) is 34.1 Å². The smallest absolute Gasteiger partial charge is 0.178 e. The molecule has 0 radical (unpaired) electrons. The number of benzene rings is 2. The molecule has 1 aliphatic rings. The van der Waals surface area contributed by atoms with Crippen LogP contribution in [-0.2, 0) is 9.84 Å². The lowest BCUT2D eigenvalue weighted by molar-refractivity contribution is 0.580. The molecule has 126 valence electrons. The molecule has 0 heterocycles. The highest BCUT2D eigenvalue weighted by molar-refractivity contribution is 7.91. The zero-order chi connectivity index (χ0) is 17.3. The van der Waals surface area contributed by atoms with Gasteiger partial charge in [0, 0.05) is 11.6 Å². The van der Waals surface area contributed by atoms with E-state index >= 15 is 0 Å². The van der Waals surface area contributed by atoms with E-state index in [0.717, 1.165) is 42.0 Å². The number of sulfone groups is 1. The van der Waals surface area contributed by atoms with E-state index in [2.05, 4.69) is 0 Å². The van der Waals surface area contributed by atoms with Crippen molar-refractivity contribution in [2.45, 2.75) is 31.1 Å². The highest BCUT2D eigenvalue weighted by Gasteiger charge is 2.21. The molecule has 0 spiro atoms. The van der Waals surface area contributed by atoms with Gasteiger partial charge in [-0.25, -0.2) is 17.2 Å². The fourth-order valence-electron chi connectivity index (χ4n) is 3.12. The maximum atomic E-state index is 14.1. The van der Waals surface area contributed by atoms with Crippen LogP contribution >= 0.6 is 0 Å². The van der Waals surface area contributed by atoms with E-state index in [1.165, 1.54) is 12.1 Å². The molecule has 3 rings (SSSR count). The Labute approximate surface area is 140 Å². The summed E-state index contributed by atoms with van der Waals surface area (Å²) in [5, 5.41) is 0. The number of halogens is 2. The summed E-state index contributed by atoms with van der Waals surface area (Å²) in [7, 11) is -3.23. The monoisotopic (exact) mass is 348 g/mol. The quantitative estimate of drug-likeness (QED) is 0.791. The van der Waals surface area contributed by atoms with Crippen LogP contribution in [0.25, 0.3) is 11.1 Å². The van der Waals surface area contributed by atoms with E-state index in [1.807, 2.05) is 0 Å². The third-order valence-electron chi connectivity index (χ3n) is 4.42. The second-order valence-electron chi connectivity index (χ2n) is 5.86. The van der Waals surface area contributed by atoms with E-state index in [-0.39, 0.29) is 5.75 Å². The van der Waals surface area contributed by atoms with E-state index in [9.17, 15) is 17.2 Å². The normalized spacial score (nSPS) is 15.1. The lowest BCUT2D eigenvalue weighted by atomic mass is 9.97. The van der Waals surface area contributed by atoms with Crippen LogP contribution in [0.15, 0.2) is 47.4 Å². The van der Waals surface area contributed by atoms with Crippen LogP contribution in [0.1, 0.15) is 37.3 Å². The summed E-state index contributed by atoms with van der Waals surface area (Å²) < 4.78 is 51.0. The Balaban J connectivity index is 2.03. The minimum atomic E-state index is -3.23. The van der Waals surface area contributed by atoms with Crippen LogP contribution in [0, 0.1) is 11.6 Å². The van der Waals surface area contributed by atoms with Crippen LogP contribution in [0.2, 0.25) is 0 Å². The van der Waals surface area contributed by atoms with Gasteiger partial charge in [0.15, 0.2) is 9.84 Å². The van der Waals surface area contributed by atoms with E-state index < -0.39 is 21.5 Å². The summed E-state index contributed by atoms with van der Waals surface area (Å²) >= 11 is 0. The van der Waals surface area contributed by atoms with Crippen molar-refractivity contribution >= 4 is 21.0 Å². The largest absolute Gasteiger partial charge is 0.224 e. The van der Waals surface area contributed by atoms with Crippen molar-refractivity contribution in [1.82, 2.24) is 0 Å².